The Kier molecular flexibility index (Phi) is 7.16. The fourth-order valence-electron chi connectivity index (χ4n) is 2.99. The van der Waals surface area contributed by atoms with E-state index in [4.69, 9.17) is 9.26 Å². The average molecular weight is 460 g/mol. The van der Waals surface area contributed by atoms with Crippen LogP contribution in [-0.2, 0) is 17.1 Å². The number of carbonyl (C=O) groups is 2. The second kappa shape index (κ2) is 10.6. The predicted octanol–water partition coefficient (Wildman–Crippen LogP) is 5.28. The predicted molar refractivity (Wildman–Crippen MR) is 125 cm³/mol. The van der Waals surface area contributed by atoms with Gasteiger partial charge >= 0.3 is 5.97 Å². The minimum Gasteiger partial charge on any atom is -0.457 e. The summed E-state index contributed by atoms with van der Waals surface area (Å²) in [6, 6.07) is 21.4. The van der Waals surface area contributed by atoms with E-state index >= 15 is 0 Å². The Labute approximate surface area is 195 Å². The van der Waals surface area contributed by atoms with Crippen LogP contribution in [0.5, 0.6) is 0 Å². The third-order valence-electron chi connectivity index (χ3n) is 4.64. The Hall–Kier alpha value is -3.91. The zero-order valence-electron chi connectivity index (χ0n) is 17.9. The Morgan fingerprint density at radius 1 is 1.03 bits per heavy atom. The van der Waals surface area contributed by atoms with Crippen LogP contribution in [0.3, 0.4) is 0 Å². The number of carbonyl (C=O) groups excluding carboxylic acids is 2. The van der Waals surface area contributed by atoms with Crippen LogP contribution in [0.1, 0.15) is 37.7 Å². The van der Waals surface area contributed by atoms with Crippen LogP contribution >= 0.6 is 11.8 Å². The molecule has 0 saturated heterocycles. The lowest BCUT2D eigenvalue weighted by atomic mass is 10.1. The number of pyridine rings is 1. The molecule has 0 spiro atoms. The van der Waals surface area contributed by atoms with Gasteiger partial charge in [-0.15, -0.1) is 0 Å². The first-order valence-corrected chi connectivity index (χ1v) is 11.2. The van der Waals surface area contributed by atoms with Crippen LogP contribution in [0, 0.1) is 6.92 Å². The minimum atomic E-state index is -0.465. The highest BCUT2D eigenvalue weighted by Crippen LogP contribution is 2.25. The molecule has 33 heavy (non-hydrogen) atoms. The fourth-order valence-corrected chi connectivity index (χ4v) is 3.86. The molecule has 0 unspecified atom stereocenters. The molecule has 0 radical (unpaired) electrons. The van der Waals surface area contributed by atoms with Gasteiger partial charge in [-0.05, 0) is 48.9 Å². The second-order valence-corrected chi connectivity index (χ2v) is 8.13. The quantitative estimate of drug-likeness (QED) is 0.283. The second-order valence-electron chi connectivity index (χ2n) is 7.17. The number of esters is 1. The van der Waals surface area contributed by atoms with Crippen molar-refractivity contribution in [2.45, 2.75) is 24.3 Å². The van der Waals surface area contributed by atoms with Gasteiger partial charge in [0.25, 0.3) is 5.91 Å². The smallest absolute Gasteiger partial charge is 0.341 e. The number of hydrogen-bond donors (Lipinski definition) is 1. The summed E-state index contributed by atoms with van der Waals surface area (Å²) in [5.74, 6) is 0.591. The van der Waals surface area contributed by atoms with Crippen LogP contribution in [0.2, 0.25) is 0 Å². The van der Waals surface area contributed by atoms with Crippen molar-refractivity contribution in [2.75, 3.05) is 5.32 Å². The number of nitrogens with zero attached hydrogens (tertiary/aromatic N) is 2. The van der Waals surface area contributed by atoms with Crippen molar-refractivity contribution in [3.63, 3.8) is 0 Å². The molecule has 8 heteroatoms. The van der Waals surface area contributed by atoms with Crippen LogP contribution in [0.15, 0.2) is 88.5 Å². The summed E-state index contributed by atoms with van der Waals surface area (Å²) in [5, 5.41) is 7.36. The average Bonchev–Trinajstić information content (AvgIpc) is 3.27. The molecular formula is C25H21N3O4S. The van der Waals surface area contributed by atoms with Crippen molar-refractivity contribution in [2.24, 2.45) is 0 Å². The number of anilines is 1. The van der Waals surface area contributed by atoms with Crippen LogP contribution in [0.25, 0.3) is 0 Å². The lowest BCUT2D eigenvalue weighted by molar-refractivity contribution is 0.0467. The van der Waals surface area contributed by atoms with Gasteiger partial charge in [0.1, 0.15) is 17.4 Å². The maximum atomic E-state index is 12.7. The Bertz CT molecular complexity index is 1240. The maximum absolute atomic E-state index is 12.7. The summed E-state index contributed by atoms with van der Waals surface area (Å²) in [6.07, 6.45) is 1.63. The zero-order valence-corrected chi connectivity index (χ0v) is 18.7. The number of hydrogen-bond acceptors (Lipinski definition) is 7. The van der Waals surface area contributed by atoms with E-state index in [1.165, 1.54) is 11.8 Å². The Morgan fingerprint density at radius 3 is 2.55 bits per heavy atom. The highest BCUT2D eigenvalue weighted by Gasteiger charge is 2.15. The highest BCUT2D eigenvalue weighted by molar-refractivity contribution is 7.98. The summed E-state index contributed by atoms with van der Waals surface area (Å²) < 4.78 is 10.6. The molecule has 1 amide bonds. The van der Waals surface area contributed by atoms with Crippen LogP contribution in [0.4, 0.5) is 5.69 Å². The molecule has 1 N–H and O–H groups in total. The first kappa shape index (κ1) is 22.3. The van der Waals surface area contributed by atoms with Gasteiger partial charge in [-0.25, -0.2) is 9.78 Å². The lowest BCUT2D eigenvalue weighted by Crippen LogP contribution is -2.12. The summed E-state index contributed by atoms with van der Waals surface area (Å²) >= 11 is 1.39. The zero-order chi connectivity index (χ0) is 23.0. The molecule has 0 bridgehead atoms. The molecule has 0 fully saturated rings. The van der Waals surface area contributed by atoms with Crippen LogP contribution < -0.4 is 5.32 Å². The van der Waals surface area contributed by atoms with E-state index in [-0.39, 0.29) is 12.5 Å². The molecule has 7 nitrogen and oxygen atoms in total. The molecule has 166 valence electrons. The van der Waals surface area contributed by atoms with Gasteiger partial charge in [-0.3, -0.25) is 4.79 Å². The number of thioether (sulfide) groups is 1. The van der Waals surface area contributed by atoms with Gasteiger partial charge in [-0.1, -0.05) is 47.3 Å². The molecule has 2 heterocycles. The maximum Gasteiger partial charge on any atom is 0.341 e. The minimum absolute atomic E-state index is 0.0842. The molecule has 0 aliphatic heterocycles. The molecule has 0 aliphatic carbocycles. The van der Waals surface area contributed by atoms with Crippen molar-refractivity contribution >= 4 is 29.3 Å². The highest BCUT2D eigenvalue weighted by atomic mass is 32.2. The molecule has 0 atom stereocenters. The lowest BCUT2D eigenvalue weighted by Gasteiger charge is -2.09. The number of amides is 1. The third-order valence-corrected chi connectivity index (χ3v) is 5.68. The summed E-state index contributed by atoms with van der Waals surface area (Å²) in [6.45, 7) is 1.91. The van der Waals surface area contributed by atoms with Gasteiger partial charge in [0.05, 0.1) is 11.3 Å². The fraction of sp³-hybridized carbons (Fsp3) is 0.120. The topological polar surface area (TPSA) is 94.3 Å². The normalized spacial score (nSPS) is 10.6. The third kappa shape index (κ3) is 6.08. The molecule has 0 saturated carbocycles. The number of para-hydroxylation sites is 1. The molecule has 0 aliphatic rings. The van der Waals surface area contributed by atoms with Crippen molar-refractivity contribution < 1.29 is 18.8 Å². The van der Waals surface area contributed by atoms with Crippen molar-refractivity contribution in [3.05, 3.63) is 107 Å². The number of aryl methyl sites for hydroxylation is 1. The number of benzene rings is 2. The van der Waals surface area contributed by atoms with Crippen molar-refractivity contribution in [1.29, 1.82) is 0 Å². The first-order valence-electron chi connectivity index (χ1n) is 10.2. The van der Waals surface area contributed by atoms with E-state index in [0.29, 0.717) is 21.9 Å². The molecular weight excluding hydrogens is 438 g/mol. The van der Waals surface area contributed by atoms with E-state index in [1.807, 2.05) is 43.3 Å². The number of aromatic nitrogens is 2. The molecule has 2 aromatic carbocycles. The Morgan fingerprint density at radius 2 is 1.82 bits per heavy atom. The van der Waals surface area contributed by atoms with E-state index in [1.54, 1.807) is 42.6 Å². The molecule has 2 aromatic heterocycles. The van der Waals surface area contributed by atoms with Gasteiger partial charge in [0.15, 0.2) is 0 Å². The number of nitrogens with one attached hydrogen (secondary N) is 1. The SMILES string of the molecule is Cc1cc(CSc2ncccc2C(=O)OCc2ccc(C(=O)Nc3ccccc3)cc2)no1. The first-order chi connectivity index (χ1) is 16.1. The van der Waals surface area contributed by atoms with E-state index < -0.39 is 5.97 Å². The van der Waals surface area contributed by atoms with E-state index in [0.717, 1.165) is 22.7 Å². The molecule has 4 aromatic rings. The number of rotatable bonds is 8. The van der Waals surface area contributed by atoms with Crippen molar-refractivity contribution in [1.82, 2.24) is 10.1 Å². The van der Waals surface area contributed by atoms with E-state index in [2.05, 4.69) is 15.5 Å². The summed E-state index contributed by atoms with van der Waals surface area (Å²) in [5.41, 5.74) is 3.18. The van der Waals surface area contributed by atoms with Gasteiger partial charge in [0.2, 0.25) is 0 Å². The van der Waals surface area contributed by atoms with Crippen molar-refractivity contribution in [3.8, 4) is 0 Å². The van der Waals surface area contributed by atoms with Gasteiger partial charge < -0.3 is 14.6 Å². The van der Waals surface area contributed by atoms with Gasteiger partial charge in [0, 0.05) is 29.3 Å². The molecule has 4 rings (SSSR count). The monoisotopic (exact) mass is 459 g/mol. The number of ether oxygens (including phenoxy) is 1. The standard InChI is InChI=1S/C25H21N3O4S/c1-17-14-21(28-32-17)16-33-24-22(8-5-13-26-24)25(30)31-15-18-9-11-19(12-10-18)23(29)27-20-6-3-2-4-7-20/h2-14H,15-16H2,1H3,(H,27,29). The summed E-state index contributed by atoms with van der Waals surface area (Å²) in [4.78, 5) is 29.3. The summed E-state index contributed by atoms with van der Waals surface area (Å²) in [7, 11) is 0. The Balaban J connectivity index is 1.33. The van der Waals surface area contributed by atoms with Gasteiger partial charge in [-0.2, -0.15) is 0 Å². The largest absolute Gasteiger partial charge is 0.457 e. The van der Waals surface area contributed by atoms with E-state index in [9.17, 15) is 9.59 Å². The van der Waals surface area contributed by atoms with Crippen LogP contribution in [-0.4, -0.2) is 22.0 Å².